The van der Waals surface area contributed by atoms with Crippen LogP contribution in [0.4, 0.5) is 5.82 Å². The number of methoxy groups -OCH3 is 1. The van der Waals surface area contributed by atoms with Gasteiger partial charge in [0, 0.05) is 19.3 Å². The van der Waals surface area contributed by atoms with Gasteiger partial charge in [-0.15, -0.1) is 0 Å². The number of hydrogen-bond acceptors (Lipinski definition) is 4. The molecule has 0 radical (unpaired) electrons. The number of hydrogen-bond donors (Lipinski definition) is 2. The van der Waals surface area contributed by atoms with E-state index in [0.717, 1.165) is 5.69 Å². The van der Waals surface area contributed by atoms with Crippen molar-refractivity contribution in [3.05, 3.63) is 23.4 Å². The summed E-state index contributed by atoms with van der Waals surface area (Å²) in [6.45, 7) is 5.11. The average Bonchev–Trinajstić information content (AvgIpc) is 2.29. The molecule has 94 valence electrons. The molecule has 2 N–H and O–H groups in total. The molecule has 0 bridgehead atoms. The van der Waals surface area contributed by atoms with Crippen LogP contribution in [-0.4, -0.2) is 36.3 Å². The van der Waals surface area contributed by atoms with Gasteiger partial charge in [-0.1, -0.05) is 13.8 Å². The summed E-state index contributed by atoms with van der Waals surface area (Å²) >= 11 is 0. The number of rotatable bonds is 6. The first-order chi connectivity index (χ1) is 8.04. The fourth-order valence-corrected chi connectivity index (χ4v) is 1.34. The van der Waals surface area contributed by atoms with Crippen molar-refractivity contribution >= 4 is 11.8 Å². The number of nitrogens with one attached hydrogen (secondary N) is 1. The van der Waals surface area contributed by atoms with Crippen LogP contribution in [0, 0.1) is 0 Å². The van der Waals surface area contributed by atoms with Gasteiger partial charge in [0.2, 0.25) is 0 Å². The summed E-state index contributed by atoms with van der Waals surface area (Å²) in [6, 6.07) is 3.14. The molecule has 17 heavy (non-hydrogen) atoms. The normalized spacial score (nSPS) is 10.6. The highest BCUT2D eigenvalue weighted by molar-refractivity contribution is 5.88. The Balaban J connectivity index is 2.91. The summed E-state index contributed by atoms with van der Waals surface area (Å²) in [5.41, 5.74) is 1.02. The Morgan fingerprint density at radius 3 is 2.76 bits per heavy atom. The van der Waals surface area contributed by atoms with Crippen LogP contribution >= 0.6 is 0 Å². The molecular formula is C12H18N2O3. The summed E-state index contributed by atoms with van der Waals surface area (Å²) in [5.74, 6) is -0.174. The van der Waals surface area contributed by atoms with E-state index in [1.54, 1.807) is 13.2 Å². The molecule has 1 aromatic rings. The van der Waals surface area contributed by atoms with Gasteiger partial charge in [-0.05, 0) is 18.1 Å². The van der Waals surface area contributed by atoms with Gasteiger partial charge in [0.15, 0.2) is 0 Å². The molecule has 0 aliphatic carbocycles. The van der Waals surface area contributed by atoms with E-state index in [9.17, 15) is 4.79 Å². The van der Waals surface area contributed by atoms with Crippen molar-refractivity contribution in [2.45, 2.75) is 19.8 Å². The van der Waals surface area contributed by atoms with Crippen molar-refractivity contribution < 1.29 is 14.6 Å². The number of nitrogens with zero attached hydrogens (tertiary/aromatic N) is 1. The first-order valence-electron chi connectivity index (χ1n) is 5.52. The van der Waals surface area contributed by atoms with E-state index >= 15 is 0 Å². The number of aromatic carboxylic acids is 1. The Kier molecular flexibility index (Phi) is 4.90. The fourth-order valence-electron chi connectivity index (χ4n) is 1.34. The summed E-state index contributed by atoms with van der Waals surface area (Å²) in [6.07, 6.45) is 0. The molecule has 1 rings (SSSR count). The standard InChI is InChI=1S/C12H18N2O3/c1-8(2)10-6-9(12(15)16)7-11(14-10)13-4-5-17-3/h6-8H,4-5H2,1-3H3,(H,13,14)(H,15,16). The van der Waals surface area contributed by atoms with Crippen molar-refractivity contribution in [2.75, 3.05) is 25.6 Å². The van der Waals surface area contributed by atoms with E-state index in [0.29, 0.717) is 19.0 Å². The third-order valence-electron chi connectivity index (χ3n) is 2.30. The summed E-state index contributed by atoms with van der Waals surface area (Å²) in [5, 5.41) is 12.0. The van der Waals surface area contributed by atoms with Crippen LogP contribution < -0.4 is 5.32 Å². The molecule has 0 saturated carbocycles. The third-order valence-corrected chi connectivity index (χ3v) is 2.30. The quantitative estimate of drug-likeness (QED) is 0.741. The van der Waals surface area contributed by atoms with Gasteiger partial charge in [-0.2, -0.15) is 0 Å². The van der Waals surface area contributed by atoms with Crippen molar-refractivity contribution in [2.24, 2.45) is 0 Å². The predicted octanol–water partition coefficient (Wildman–Crippen LogP) is 1.96. The van der Waals surface area contributed by atoms with Crippen LogP contribution in [0.25, 0.3) is 0 Å². The van der Waals surface area contributed by atoms with Gasteiger partial charge in [0.25, 0.3) is 0 Å². The van der Waals surface area contributed by atoms with Crippen LogP contribution in [0.3, 0.4) is 0 Å². The second kappa shape index (κ2) is 6.20. The first kappa shape index (κ1) is 13.4. The van der Waals surface area contributed by atoms with Gasteiger partial charge in [0.05, 0.1) is 12.2 Å². The zero-order valence-corrected chi connectivity index (χ0v) is 10.4. The number of aromatic nitrogens is 1. The molecule has 0 aliphatic heterocycles. The van der Waals surface area contributed by atoms with Crippen molar-refractivity contribution in [3.63, 3.8) is 0 Å². The van der Waals surface area contributed by atoms with E-state index in [2.05, 4.69) is 10.3 Å². The van der Waals surface area contributed by atoms with Crippen molar-refractivity contribution in [1.82, 2.24) is 4.98 Å². The lowest BCUT2D eigenvalue weighted by Gasteiger charge is -2.10. The number of carboxylic acid groups (broad SMARTS) is 1. The summed E-state index contributed by atoms with van der Waals surface area (Å²) in [7, 11) is 1.61. The molecule has 0 unspecified atom stereocenters. The Morgan fingerprint density at radius 2 is 2.24 bits per heavy atom. The molecule has 0 amide bonds. The smallest absolute Gasteiger partial charge is 0.335 e. The lowest BCUT2D eigenvalue weighted by atomic mass is 10.1. The Hall–Kier alpha value is -1.62. The largest absolute Gasteiger partial charge is 0.478 e. The fraction of sp³-hybridized carbons (Fsp3) is 0.500. The molecule has 0 fully saturated rings. The molecule has 1 aromatic heterocycles. The van der Waals surface area contributed by atoms with E-state index in [1.807, 2.05) is 13.8 Å². The van der Waals surface area contributed by atoms with Gasteiger partial charge in [-0.3, -0.25) is 0 Å². The highest BCUT2D eigenvalue weighted by Gasteiger charge is 2.10. The minimum Gasteiger partial charge on any atom is -0.478 e. The lowest BCUT2D eigenvalue weighted by Crippen LogP contribution is -2.11. The molecule has 0 aliphatic rings. The maximum atomic E-state index is 11.0. The summed E-state index contributed by atoms with van der Waals surface area (Å²) < 4.78 is 4.91. The Labute approximate surface area is 101 Å². The van der Waals surface area contributed by atoms with Crippen LogP contribution in [0.1, 0.15) is 35.8 Å². The maximum absolute atomic E-state index is 11.0. The minimum absolute atomic E-state index is 0.192. The minimum atomic E-state index is -0.941. The van der Waals surface area contributed by atoms with E-state index < -0.39 is 5.97 Å². The van der Waals surface area contributed by atoms with Gasteiger partial charge in [0.1, 0.15) is 5.82 Å². The van der Waals surface area contributed by atoms with Crippen LogP contribution in [0.5, 0.6) is 0 Å². The predicted molar refractivity (Wildman–Crippen MR) is 65.7 cm³/mol. The number of anilines is 1. The molecule has 0 aromatic carbocycles. The second-order valence-electron chi connectivity index (χ2n) is 4.05. The van der Waals surface area contributed by atoms with Crippen LogP contribution in [-0.2, 0) is 4.74 Å². The van der Waals surface area contributed by atoms with Gasteiger partial charge >= 0.3 is 5.97 Å². The SMILES string of the molecule is COCCNc1cc(C(=O)O)cc(C(C)C)n1. The average molecular weight is 238 g/mol. The molecule has 1 heterocycles. The van der Waals surface area contributed by atoms with Crippen LogP contribution in [0.2, 0.25) is 0 Å². The number of ether oxygens (including phenoxy) is 1. The zero-order valence-electron chi connectivity index (χ0n) is 10.4. The highest BCUT2D eigenvalue weighted by atomic mass is 16.5. The molecule has 5 nitrogen and oxygen atoms in total. The highest BCUT2D eigenvalue weighted by Crippen LogP contribution is 2.17. The van der Waals surface area contributed by atoms with Crippen LogP contribution in [0.15, 0.2) is 12.1 Å². The van der Waals surface area contributed by atoms with E-state index in [-0.39, 0.29) is 11.5 Å². The second-order valence-corrected chi connectivity index (χ2v) is 4.05. The molecular weight excluding hydrogens is 220 g/mol. The topological polar surface area (TPSA) is 71.5 Å². The molecule has 0 saturated heterocycles. The number of carbonyl (C=O) groups is 1. The van der Waals surface area contributed by atoms with E-state index in [4.69, 9.17) is 9.84 Å². The third kappa shape index (κ3) is 4.03. The number of carboxylic acids is 1. The number of pyridine rings is 1. The zero-order chi connectivity index (χ0) is 12.8. The van der Waals surface area contributed by atoms with E-state index in [1.165, 1.54) is 6.07 Å². The van der Waals surface area contributed by atoms with Crippen molar-refractivity contribution in [3.8, 4) is 0 Å². The van der Waals surface area contributed by atoms with Crippen molar-refractivity contribution in [1.29, 1.82) is 0 Å². The Morgan fingerprint density at radius 1 is 1.53 bits per heavy atom. The summed E-state index contributed by atoms with van der Waals surface area (Å²) in [4.78, 5) is 15.3. The lowest BCUT2D eigenvalue weighted by molar-refractivity contribution is 0.0696. The Bertz CT molecular complexity index is 391. The monoisotopic (exact) mass is 238 g/mol. The van der Waals surface area contributed by atoms with Gasteiger partial charge < -0.3 is 15.2 Å². The maximum Gasteiger partial charge on any atom is 0.335 e. The molecule has 5 heteroatoms. The first-order valence-corrected chi connectivity index (χ1v) is 5.52. The molecule has 0 spiro atoms. The molecule has 0 atom stereocenters. The van der Waals surface area contributed by atoms with Gasteiger partial charge in [-0.25, -0.2) is 9.78 Å².